The van der Waals surface area contributed by atoms with Crippen LogP contribution in [0.2, 0.25) is 0 Å². The SMILES string of the molecule is CC(N=c1sc(S(N)(=O)=O)nn1C)c1cccc(OC(F)(F)F)c1. The molecule has 0 fully saturated rings. The van der Waals surface area contributed by atoms with E-state index >= 15 is 0 Å². The number of rotatable bonds is 4. The maximum absolute atomic E-state index is 12.3. The molecule has 0 aliphatic carbocycles. The van der Waals surface area contributed by atoms with Crippen molar-refractivity contribution in [1.82, 2.24) is 9.78 Å². The molecule has 1 atom stereocenters. The highest BCUT2D eigenvalue weighted by atomic mass is 32.2. The number of nitrogens with two attached hydrogens (primary N) is 1. The topological polar surface area (TPSA) is 99.6 Å². The van der Waals surface area contributed by atoms with Gasteiger partial charge in [-0.15, -0.1) is 18.3 Å². The monoisotopic (exact) mass is 382 g/mol. The van der Waals surface area contributed by atoms with E-state index in [-0.39, 0.29) is 14.9 Å². The number of primary sulfonamides is 1. The van der Waals surface area contributed by atoms with Crippen LogP contribution in [0.3, 0.4) is 0 Å². The number of nitrogens with zero attached hydrogens (tertiary/aromatic N) is 3. The number of benzene rings is 1. The summed E-state index contributed by atoms with van der Waals surface area (Å²) >= 11 is 0.765. The highest BCUT2D eigenvalue weighted by Gasteiger charge is 2.31. The lowest BCUT2D eigenvalue weighted by molar-refractivity contribution is -0.274. The molecule has 1 heterocycles. The number of halogens is 3. The first-order chi connectivity index (χ1) is 11.0. The predicted octanol–water partition coefficient (Wildman–Crippen LogP) is 1.69. The van der Waals surface area contributed by atoms with Crippen LogP contribution in [-0.4, -0.2) is 24.6 Å². The summed E-state index contributed by atoms with van der Waals surface area (Å²) in [6, 6.07) is 4.82. The van der Waals surface area contributed by atoms with Crippen molar-refractivity contribution in [1.29, 1.82) is 0 Å². The van der Waals surface area contributed by atoms with Crippen molar-refractivity contribution >= 4 is 21.4 Å². The molecule has 0 amide bonds. The first-order valence-corrected chi connectivity index (χ1v) is 8.78. The average molecular weight is 382 g/mol. The van der Waals surface area contributed by atoms with Crippen LogP contribution in [0.1, 0.15) is 18.5 Å². The molecule has 12 heteroatoms. The van der Waals surface area contributed by atoms with Crippen LogP contribution < -0.4 is 14.7 Å². The van der Waals surface area contributed by atoms with Gasteiger partial charge in [0.1, 0.15) is 5.75 Å². The molecule has 0 saturated heterocycles. The smallest absolute Gasteiger partial charge is 0.406 e. The third kappa shape index (κ3) is 4.79. The standard InChI is InChI=1S/C12H13F3N4O3S2/c1-7(8-4-3-5-9(6-8)22-12(13,14)15)17-10-19(2)18-11(23-10)24(16,20)21/h3-7H,1-2H3,(H2,16,20,21). The van der Waals surface area contributed by atoms with Gasteiger partial charge in [0.05, 0.1) is 6.04 Å². The largest absolute Gasteiger partial charge is 0.573 e. The normalized spacial score (nSPS) is 14.7. The summed E-state index contributed by atoms with van der Waals surface area (Å²) in [5, 5.41) is 8.75. The second-order valence-electron chi connectivity index (χ2n) is 4.74. The Bertz CT molecular complexity index is 903. The van der Waals surface area contributed by atoms with Crippen LogP contribution in [0, 0.1) is 0 Å². The summed E-state index contributed by atoms with van der Waals surface area (Å²) < 4.78 is 64.1. The maximum atomic E-state index is 12.3. The number of alkyl halides is 3. The summed E-state index contributed by atoms with van der Waals surface area (Å²) in [6.07, 6.45) is -4.78. The van der Waals surface area contributed by atoms with Gasteiger partial charge in [-0.3, -0.25) is 0 Å². The Morgan fingerprint density at radius 2 is 2.08 bits per heavy atom. The van der Waals surface area contributed by atoms with Crippen molar-refractivity contribution in [3.63, 3.8) is 0 Å². The van der Waals surface area contributed by atoms with E-state index in [4.69, 9.17) is 5.14 Å². The molecule has 0 saturated carbocycles. The third-order valence-corrected chi connectivity index (χ3v) is 5.13. The number of aryl methyl sites for hydroxylation is 1. The fraction of sp³-hybridized carbons (Fsp3) is 0.333. The second-order valence-corrected chi connectivity index (χ2v) is 7.44. The molecule has 132 valence electrons. The molecule has 24 heavy (non-hydrogen) atoms. The lowest BCUT2D eigenvalue weighted by atomic mass is 10.1. The number of hydrogen-bond acceptors (Lipinski definition) is 6. The molecule has 1 aromatic heterocycles. The molecule has 0 bridgehead atoms. The van der Waals surface area contributed by atoms with E-state index < -0.39 is 22.4 Å². The van der Waals surface area contributed by atoms with Gasteiger partial charge >= 0.3 is 6.36 Å². The fourth-order valence-corrected chi connectivity index (χ4v) is 3.39. The van der Waals surface area contributed by atoms with E-state index in [2.05, 4.69) is 14.8 Å². The Morgan fingerprint density at radius 3 is 2.62 bits per heavy atom. The minimum absolute atomic E-state index is 0.258. The fourth-order valence-electron chi connectivity index (χ4n) is 1.77. The van der Waals surface area contributed by atoms with Crippen LogP contribution in [0.5, 0.6) is 5.75 Å². The highest BCUT2D eigenvalue weighted by Crippen LogP contribution is 2.26. The van der Waals surface area contributed by atoms with Crippen LogP contribution in [-0.2, 0) is 17.1 Å². The molecule has 1 unspecified atom stereocenters. The van der Waals surface area contributed by atoms with Gasteiger partial charge in [-0.05, 0) is 24.6 Å². The van der Waals surface area contributed by atoms with Crippen molar-refractivity contribution in [2.24, 2.45) is 17.2 Å². The van der Waals surface area contributed by atoms with Crippen molar-refractivity contribution in [3.8, 4) is 5.75 Å². The Hall–Kier alpha value is -1.92. The number of hydrogen-bond donors (Lipinski definition) is 1. The zero-order valence-electron chi connectivity index (χ0n) is 12.5. The van der Waals surface area contributed by atoms with E-state index in [1.807, 2.05) is 0 Å². The Balaban J connectivity index is 2.35. The molecular weight excluding hydrogens is 369 g/mol. The van der Waals surface area contributed by atoms with Crippen molar-refractivity contribution in [3.05, 3.63) is 34.6 Å². The second kappa shape index (κ2) is 6.53. The zero-order valence-corrected chi connectivity index (χ0v) is 14.1. The molecule has 7 nitrogen and oxygen atoms in total. The number of aromatic nitrogens is 2. The third-order valence-electron chi connectivity index (χ3n) is 2.81. The summed E-state index contributed by atoms with van der Waals surface area (Å²) in [5.74, 6) is -0.360. The van der Waals surface area contributed by atoms with E-state index in [0.717, 1.165) is 11.3 Å². The minimum atomic E-state index is -4.78. The van der Waals surface area contributed by atoms with E-state index in [0.29, 0.717) is 5.56 Å². The van der Waals surface area contributed by atoms with Gasteiger partial charge < -0.3 is 4.74 Å². The van der Waals surface area contributed by atoms with Gasteiger partial charge in [0.25, 0.3) is 10.0 Å². The van der Waals surface area contributed by atoms with Gasteiger partial charge in [0.2, 0.25) is 9.14 Å². The van der Waals surface area contributed by atoms with Crippen LogP contribution in [0.25, 0.3) is 0 Å². The van der Waals surface area contributed by atoms with Gasteiger partial charge in [-0.25, -0.2) is 23.2 Å². The van der Waals surface area contributed by atoms with Crippen LogP contribution in [0.15, 0.2) is 33.6 Å². The molecule has 2 aromatic rings. The molecule has 0 aliphatic heterocycles. The Kier molecular flexibility index (Phi) is 5.01. The van der Waals surface area contributed by atoms with Gasteiger partial charge in [-0.2, -0.15) is 0 Å². The zero-order chi connectivity index (χ0) is 18.1. The summed E-state index contributed by atoms with van der Waals surface area (Å²) in [4.78, 5) is 4.52. The maximum Gasteiger partial charge on any atom is 0.573 e. The quantitative estimate of drug-likeness (QED) is 0.870. The first kappa shape index (κ1) is 18.4. The van der Waals surface area contributed by atoms with E-state index in [1.165, 1.54) is 29.9 Å². The Labute approximate surface area is 139 Å². The van der Waals surface area contributed by atoms with Gasteiger partial charge in [0.15, 0.2) is 0 Å². The molecular formula is C12H13F3N4O3S2. The molecule has 2 rings (SSSR count). The summed E-state index contributed by atoms with van der Waals surface area (Å²) in [7, 11) is -2.46. The molecule has 0 radical (unpaired) electrons. The summed E-state index contributed by atoms with van der Waals surface area (Å²) in [5.41, 5.74) is 0.460. The van der Waals surface area contributed by atoms with E-state index in [1.54, 1.807) is 13.0 Å². The van der Waals surface area contributed by atoms with Crippen molar-refractivity contribution in [2.45, 2.75) is 23.7 Å². The molecule has 0 aliphatic rings. The minimum Gasteiger partial charge on any atom is -0.406 e. The summed E-state index contributed by atoms with van der Waals surface area (Å²) in [6.45, 7) is 1.64. The van der Waals surface area contributed by atoms with Crippen LogP contribution >= 0.6 is 11.3 Å². The average Bonchev–Trinajstić information content (AvgIpc) is 2.78. The molecule has 1 aromatic carbocycles. The lowest BCUT2D eigenvalue weighted by Gasteiger charge is -2.11. The molecule has 0 spiro atoms. The van der Waals surface area contributed by atoms with Crippen molar-refractivity contribution in [2.75, 3.05) is 0 Å². The van der Waals surface area contributed by atoms with Crippen LogP contribution in [0.4, 0.5) is 13.2 Å². The van der Waals surface area contributed by atoms with E-state index in [9.17, 15) is 21.6 Å². The molecule has 2 N–H and O–H groups in total. The van der Waals surface area contributed by atoms with Gasteiger partial charge in [-0.1, -0.05) is 23.5 Å². The Morgan fingerprint density at radius 1 is 1.42 bits per heavy atom. The number of sulfonamides is 1. The number of ether oxygens (including phenoxy) is 1. The predicted molar refractivity (Wildman–Crippen MR) is 79.6 cm³/mol. The van der Waals surface area contributed by atoms with Crippen molar-refractivity contribution < 1.29 is 26.3 Å². The van der Waals surface area contributed by atoms with Gasteiger partial charge in [0, 0.05) is 7.05 Å². The first-order valence-electron chi connectivity index (χ1n) is 6.42. The highest BCUT2D eigenvalue weighted by molar-refractivity contribution is 7.91. The lowest BCUT2D eigenvalue weighted by Crippen LogP contribution is -2.17.